The Hall–Kier alpha value is -2.88. The van der Waals surface area contributed by atoms with Gasteiger partial charge in [0, 0.05) is 41.0 Å². The molecule has 0 unspecified atom stereocenters. The first kappa shape index (κ1) is 14.1. The number of rotatable bonds is 5. The van der Waals surface area contributed by atoms with Gasteiger partial charge in [-0.15, -0.1) is 0 Å². The highest BCUT2D eigenvalue weighted by Crippen LogP contribution is 2.28. The molecule has 3 aromatic rings. The van der Waals surface area contributed by atoms with Crippen LogP contribution in [0.15, 0.2) is 60.8 Å². The summed E-state index contributed by atoms with van der Waals surface area (Å²) in [6, 6.07) is 16.1. The molecule has 0 amide bonds. The summed E-state index contributed by atoms with van der Waals surface area (Å²) in [5, 5.41) is 12.3. The smallest absolute Gasteiger partial charge is 0.163 e. The first-order chi connectivity index (χ1) is 10.7. The maximum absolute atomic E-state index is 12.3. The lowest BCUT2D eigenvalue weighted by Gasteiger charge is -2.17. The van der Waals surface area contributed by atoms with Crippen molar-refractivity contribution in [1.29, 1.82) is 0 Å². The molecule has 110 valence electrons. The third kappa shape index (κ3) is 2.63. The fraction of sp³-hybridized carbons (Fsp3) is 0.111. The van der Waals surface area contributed by atoms with Crippen LogP contribution < -0.4 is 5.11 Å². The van der Waals surface area contributed by atoms with Crippen LogP contribution in [0.3, 0.4) is 0 Å². The fourth-order valence-electron chi connectivity index (χ4n) is 2.63. The second-order valence-corrected chi connectivity index (χ2v) is 5.15. The van der Waals surface area contributed by atoms with Gasteiger partial charge >= 0.3 is 0 Å². The van der Waals surface area contributed by atoms with E-state index in [9.17, 15) is 14.7 Å². The van der Waals surface area contributed by atoms with E-state index in [4.69, 9.17) is 0 Å². The lowest BCUT2D eigenvalue weighted by molar-refractivity contribution is -0.307. The van der Waals surface area contributed by atoms with E-state index in [0.717, 1.165) is 10.9 Å². The molecule has 1 aromatic heterocycles. The van der Waals surface area contributed by atoms with E-state index in [1.54, 1.807) is 30.5 Å². The molecule has 0 spiro atoms. The lowest BCUT2D eigenvalue weighted by Crippen LogP contribution is -2.31. The Morgan fingerprint density at radius 2 is 1.68 bits per heavy atom. The van der Waals surface area contributed by atoms with E-state index in [-0.39, 0.29) is 12.2 Å². The molecule has 0 aliphatic rings. The van der Waals surface area contributed by atoms with Crippen molar-refractivity contribution in [3.63, 3.8) is 0 Å². The topological polar surface area (TPSA) is 73.0 Å². The monoisotopic (exact) mass is 292 g/mol. The molecule has 0 aliphatic heterocycles. The fourth-order valence-corrected chi connectivity index (χ4v) is 2.63. The first-order valence-corrected chi connectivity index (χ1v) is 7.02. The summed E-state index contributed by atoms with van der Waals surface area (Å²) in [5.41, 5.74) is 1.93. The SMILES string of the molecule is O=C(C[C@H](C(=O)[O-])c1c[nH]c2ccccc12)c1ccccc1. The van der Waals surface area contributed by atoms with Crippen LogP contribution in [0.25, 0.3) is 10.9 Å². The molecule has 0 bridgehead atoms. The number of carboxylic acid groups (broad SMARTS) is 1. The minimum Gasteiger partial charge on any atom is -0.549 e. The van der Waals surface area contributed by atoms with Gasteiger partial charge < -0.3 is 14.9 Å². The highest BCUT2D eigenvalue weighted by atomic mass is 16.4. The molecule has 1 atom stereocenters. The minimum atomic E-state index is -1.24. The Morgan fingerprint density at radius 1 is 1.00 bits per heavy atom. The van der Waals surface area contributed by atoms with Gasteiger partial charge in [0.1, 0.15) is 0 Å². The van der Waals surface area contributed by atoms with Crippen molar-refractivity contribution in [2.45, 2.75) is 12.3 Å². The number of hydrogen-bond acceptors (Lipinski definition) is 3. The van der Waals surface area contributed by atoms with Crippen LogP contribution >= 0.6 is 0 Å². The molecule has 4 heteroatoms. The van der Waals surface area contributed by atoms with Gasteiger partial charge in [0.05, 0.1) is 0 Å². The number of Topliss-reactive ketones (excluding diaryl/α,β-unsaturated/α-hetero) is 1. The number of carbonyl (C=O) groups excluding carboxylic acids is 2. The Morgan fingerprint density at radius 3 is 2.41 bits per heavy atom. The van der Waals surface area contributed by atoms with Crippen molar-refractivity contribution in [2.75, 3.05) is 0 Å². The largest absolute Gasteiger partial charge is 0.549 e. The highest BCUT2D eigenvalue weighted by molar-refractivity contribution is 6.00. The van der Waals surface area contributed by atoms with Crippen molar-refractivity contribution >= 4 is 22.7 Å². The van der Waals surface area contributed by atoms with Gasteiger partial charge in [-0.3, -0.25) is 4.79 Å². The van der Waals surface area contributed by atoms with Crippen molar-refractivity contribution in [1.82, 2.24) is 4.98 Å². The maximum atomic E-state index is 12.3. The number of ketones is 1. The lowest BCUT2D eigenvalue weighted by atomic mass is 9.91. The molecule has 2 aromatic carbocycles. The van der Waals surface area contributed by atoms with E-state index in [1.165, 1.54) is 0 Å². The van der Waals surface area contributed by atoms with Gasteiger partial charge in [-0.2, -0.15) is 0 Å². The first-order valence-electron chi connectivity index (χ1n) is 7.02. The van der Waals surface area contributed by atoms with Crippen LogP contribution in [0, 0.1) is 0 Å². The van der Waals surface area contributed by atoms with E-state index < -0.39 is 11.9 Å². The minimum absolute atomic E-state index is 0.117. The molecule has 22 heavy (non-hydrogen) atoms. The molecule has 1 N–H and O–H groups in total. The van der Waals surface area contributed by atoms with E-state index >= 15 is 0 Å². The standard InChI is InChI=1S/C18H15NO3/c20-17(12-6-2-1-3-7-12)10-14(18(21)22)15-11-19-16-9-5-4-8-13(15)16/h1-9,11,14,19H,10H2,(H,21,22)/p-1/t14-/m0/s1. The number of aliphatic carboxylic acids is 1. The number of carboxylic acids is 1. The van der Waals surface area contributed by atoms with Gasteiger partial charge in [-0.1, -0.05) is 48.5 Å². The molecular weight excluding hydrogens is 278 g/mol. The summed E-state index contributed by atoms with van der Waals surface area (Å²) in [5.74, 6) is -2.42. The molecule has 0 saturated heterocycles. The number of aromatic amines is 1. The third-order valence-corrected chi connectivity index (χ3v) is 3.77. The van der Waals surface area contributed by atoms with Gasteiger partial charge in [-0.05, 0) is 11.6 Å². The molecule has 1 heterocycles. The van der Waals surface area contributed by atoms with Crippen LogP contribution in [0.1, 0.15) is 28.3 Å². The Kier molecular flexibility index (Phi) is 3.74. The second kappa shape index (κ2) is 5.85. The van der Waals surface area contributed by atoms with Crippen LogP contribution in [0.2, 0.25) is 0 Å². The zero-order valence-electron chi connectivity index (χ0n) is 11.8. The summed E-state index contributed by atoms with van der Waals surface area (Å²) >= 11 is 0. The molecule has 0 aliphatic carbocycles. The van der Waals surface area contributed by atoms with Gasteiger partial charge in [0.25, 0.3) is 0 Å². The number of hydrogen-bond donors (Lipinski definition) is 1. The third-order valence-electron chi connectivity index (χ3n) is 3.77. The quantitative estimate of drug-likeness (QED) is 0.733. The predicted octanol–water partition coefficient (Wildman–Crippen LogP) is 2.27. The van der Waals surface area contributed by atoms with E-state index in [0.29, 0.717) is 11.1 Å². The van der Waals surface area contributed by atoms with Gasteiger partial charge in [0.15, 0.2) is 5.78 Å². The number of nitrogens with one attached hydrogen (secondary N) is 1. The predicted molar refractivity (Wildman–Crippen MR) is 81.4 cm³/mol. The number of fused-ring (bicyclic) bond motifs is 1. The molecule has 4 nitrogen and oxygen atoms in total. The number of H-pyrrole nitrogens is 1. The molecule has 0 fully saturated rings. The van der Waals surface area contributed by atoms with Crippen LogP contribution in [-0.2, 0) is 4.79 Å². The van der Waals surface area contributed by atoms with Gasteiger partial charge in [-0.25, -0.2) is 0 Å². The van der Waals surface area contributed by atoms with E-state index in [2.05, 4.69) is 4.98 Å². The Bertz CT molecular complexity index is 820. The molecule has 3 rings (SSSR count). The van der Waals surface area contributed by atoms with Crippen molar-refractivity contribution in [3.8, 4) is 0 Å². The zero-order chi connectivity index (χ0) is 15.5. The molecular formula is C18H14NO3-. The summed E-state index contributed by atoms with van der Waals surface area (Å²) in [4.78, 5) is 26.9. The van der Waals surface area contributed by atoms with Crippen molar-refractivity contribution in [3.05, 3.63) is 71.9 Å². The zero-order valence-corrected chi connectivity index (χ0v) is 11.8. The number of benzene rings is 2. The second-order valence-electron chi connectivity index (χ2n) is 5.15. The normalized spacial score (nSPS) is 12.2. The van der Waals surface area contributed by atoms with Gasteiger partial charge in [0.2, 0.25) is 0 Å². The average molecular weight is 292 g/mol. The average Bonchev–Trinajstić information content (AvgIpc) is 2.96. The summed E-state index contributed by atoms with van der Waals surface area (Å²) in [7, 11) is 0. The van der Waals surface area contributed by atoms with E-state index in [1.807, 2.05) is 30.3 Å². The van der Waals surface area contributed by atoms with Crippen LogP contribution in [0.5, 0.6) is 0 Å². The highest BCUT2D eigenvalue weighted by Gasteiger charge is 2.21. The number of carbonyl (C=O) groups is 2. The van der Waals surface area contributed by atoms with Crippen LogP contribution in [0.4, 0.5) is 0 Å². The summed E-state index contributed by atoms with van der Waals surface area (Å²) < 4.78 is 0. The molecule has 0 radical (unpaired) electrons. The maximum Gasteiger partial charge on any atom is 0.163 e. The Balaban J connectivity index is 1.94. The number of para-hydroxylation sites is 1. The summed E-state index contributed by atoms with van der Waals surface area (Å²) in [6.07, 6.45) is 1.53. The van der Waals surface area contributed by atoms with Crippen molar-refractivity contribution in [2.24, 2.45) is 0 Å². The van der Waals surface area contributed by atoms with Crippen molar-refractivity contribution < 1.29 is 14.7 Å². The molecule has 0 saturated carbocycles. The number of aromatic nitrogens is 1. The summed E-state index contributed by atoms with van der Waals surface area (Å²) in [6.45, 7) is 0. The Labute approximate surface area is 127 Å². The van der Waals surface area contributed by atoms with Crippen LogP contribution in [-0.4, -0.2) is 16.7 Å².